The third-order valence-electron chi connectivity index (χ3n) is 5.71. The number of aliphatic carboxylic acids is 1. The summed E-state index contributed by atoms with van der Waals surface area (Å²) in [6, 6.07) is 5.05. The highest BCUT2D eigenvalue weighted by Gasteiger charge is 2.16. The standard InChI is InChI=1S/C28H36FN5O3/c1-4-21(5-2)20-34(33-30-3)18-16-22-10-15-25(28(37)32-24-13-11-23(29)12-14-24)26(19-22)31-17-8-6-7-9-27(35)36/h4,10-13,15-19,24H,5-9,14,20H2,1-3H3,(H,32,37)(H,35,36)/b18-16+,21-4+,31-17+,33-30-. The lowest BCUT2D eigenvalue weighted by atomic mass is 10.1. The van der Waals surface area contributed by atoms with E-state index in [1.807, 2.05) is 31.3 Å². The molecule has 1 aromatic carbocycles. The van der Waals surface area contributed by atoms with Gasteiger partial charge in [0.1, 0.15) is 5.83 Å². The molecule has 1 aromatic rings. The van der Waals surface area contributed by atoms with E-state index in [4.69, 9.17) is 5.11 Å². The van der Waals surface area contributed by atoms with Crippen molar-refractivity contribution < 1.29 is 19.1 Å². The molecule has 2 N–H and O–H groups in total. The van der Waals surface area contributed by atoms with E-state index in [9.17, 15) is 14.0 Å². The zero-order chi connectivity index (χ0) is 27.0. The first-order valence-corrected chi connectivity index (χ1v) is 12.5. The second-order valence-electron chi connectivity index (χ2n) is 8.49. The lowest BCUT2D eigenvalue weighted by molar-refractivity contribution is -0.137. The summed E-state index contributed by atoms with van der Waals surface area (Å²) in [6.07, 6.45) is 15.1. The molecule has 198 valence electrons. The number of nitrogens with zero attached hydrogens (tertiary/aromatic N) is 4. The summed E-state index contributed by atoms with van der Waals surface area (Å²) >= 11 is 0. The average molecular weight is 510 g/mol. The van der Waals surface area contributed by atoms with Gasteiger partial charge in [-0.05, 0) is 75.0 Å². The van der Waals surface area contributed by atoms with E-state index >= 15 is 0 Å². The van der Waals surface area contributed by atoms with E-state index in [1.165, 1.54) is 17.7 Å². The molecule has 1 aliphatic rings. The van der Waals surface area contributed by atoms with Gasteiger partial charge in [-0.15, -0.1) is 0 Å². The number of carbonyl (C=O) groups is 2. The van der Waals surface area contributed by atoms with Crippen LogP contribution in [-0.4, -0.2) is 47.8 Å². The Morgan fingerprint density at radius 1 is 1.30 bits per heavy atom. The number of aliphatic imine (C=N–C) groups is 1. The molecule has 1 atom stereocenters. The first-order valence-electron chi connectivity index (χ1n) is 12.5. The van der Waals surface area contributed by atoms with Crippen LogP contribution in [0, 0.1) is 0 Å². The fourth-order valence-corrected chi connectivity index (χ4v) is 3.59. The smallest absolute Gasteiger partial charge is 0.303 e. The number of halogens is 1. The molecule has 1 amide bonds. The molecular weight excluding hydrogens is 473 g/mol. The maximum atomic E-state index is 13.3. The van der Waals surface area contributed by atoms with Crippen LogP contribution >= 0.6 is 0 Å². The fourth-order valence-electron chi connectivity index (χ4n) is 3.59. The molecule has 1 unspecified atom stereocenters. The number of unbranched alkanes of at least 4 members (excludes halogenated alkanes) is 2. The van der Waals surface area contributed by atoms with Gasteiger partial charge in [-0.1, -0.05) is 35.9 Å². The van der Waals surface area contributed by atoms with Crippen molar-refractivity contribution >= 4 is 29.9 Å². The molecule has 0 saturated heterocycles. The number of carboxylic acids is 1. The minimum absolute atomic E-state index is 0.115. The zero-order valence-corrected chi connectivity index (χ0v) is 21.7. The number of nitrogens with one attached hydrogen (secondary N) is 1. The number of carbonyl (C=O) groups excluding carboxylic acids is 1. The molecule has 0 aliphatic heterocycles. The Balaban J connectivity index is 2.23. The topological polar surface area (TPSA) is 107 Å². The van der Waals surface area contributed by atoms with Gasteiger partial charge in [0, 0.05) is 18.8 Å². The monoisotopic (exact) mass is 509 g/mol. The summed E-state index contributed by atoms with van der Waals surface area (Å²) in [5.41, 5.74) is 2.94. The van der Waals surface area contributed by atoms with E-state index in [0.29, 0.717) is 43.5 Å². The van der Waals surface area contributed by atoms with Gasteiger partial charge in [0.15, 0.2) is 0 Å². The highest BCUT2D eigenvalue weighted by Crippen LogP contribution is 2.23. The zero-order valence-electron chi connectivity index (χ0n) is 21.7. The number of rotatable bonds is 14. The van der Waals surface area contributed by atoms with Gasteiger partial charge in [-0.25, -0.2) is 4.39 Å². The van der Waals surface area contributed by atoms with Crippen LogP contribution in [0.3, 0.4) is 0 Å². The molecular formula is C28H36FN5O3. The quantitative estimate of drug-likeness (QED) is 0.0972. The van der Waals surface area contributed by atoms with E-state index in [1.54, 1.807) is 30.4 Å². The Kier molecular flexibility index (Phi) is 12.7. The predicted octanol–water partition coefficient (Wildman–Crippen LogP) is 6.57. The third-order valence-corrected chi connectivity index (χ3v) is 5.71. The molecule has 0 bridgehead atoms. The Hall–Kier alpha value is -3.88. The molecule has 0 aromatic heterocycles. The SMILES string of the molecule is C/C=C(\CC)CN(/C=C/c1ccc(C(=O)NC2C=CC(F)=CC2)c(/N=C/CCCCC(=O)O)c1)/N=N\C. The summed E-state index contributed by atoms with van der Waals surface area (Å²) < 4.78 is 13.3. The summed E-state index contributed by atoms with van der Waals surface area (Å²) in [5, 5.41) is 21.5. The van der Waals surface area contributed by atoms with Crippen LogP contribution in [0.15, 0.2) is 75.4 Å². The summed E-state index contributed by atoms with van der Waals surface area (Å²) in [6.45, 7) is 4.70. The molecule has 0 saturated carbocycles. The molecule has 0 heterocycles. The predicted molar refractivity (Wildman–Crippen MR) is 145 cm³/mol. The van der Waals surface area contributed by atoms with Crippen LogP contribution in [0.4, 0.5) is 10.1 Å². The van der Waals surface area contributed by atoms with Crippen molar-refractivity contribution in [3.05, 3.63) is 71.2 Å². The van der Waals surface area contributed by atoms with Gasteiger partial charge in [-0.2, -0.15) is 5.11 Å². The summed E-state index contributed by atoms with van der Waals surface area (Å²) in [7, 11) is 1.62. The Morgan fingerprint density at radius 3 is 2.76 bits per heavy atom. The Morgan fingerprint density at radius 2 is 2.11 bits per heavy atom. The van der Waals surface area contributed by atoms with Crippen molar-refractivity contribution in [2.24, 2.45) is 15.3 Å². The van der Waals surface area contributed by atoms with Crippen LogP contribution in [-0.2, 0) is 4.79 Å². The minimum Gasteiger partial charge on any atom is -0.481 e. The van der Waals surface area contributed by atoms with E-state index in [0.717, 1.165) is 12.0 Å². The second kappa shape index (κ2) is 16.0. The Bertz CT molecular complexity index is 1110. The lowest BCUT2D eigenvalue weighted by Gasteiger charge is -2.17. The molecule has 0 radical (unpaired) electrons. The molecule has 37 heavy (non-hydrogen) atoms. The largest absolute Gasteiger partial charge is 0.481 e. The van der Waals surface area contributed by atoms with Gasteiger partial charge in [0.2, 0.25) is 0 Å². The number of hydrogen-bond acceptors (Lipinski definition) is 5. The van der Waals surface area contributed by atoms with Crippen LogP contribution in [0.5, 0.6) is 0 Å². The summed E-state index contributed by atoms with van der Waals surface area (Å²) in [5.74, 6) is -1.44. The highest BCUT2D eigenvalue weighted by atomic mass is 19.1. The van der Waals surface area contributed by atoms with Crippen molar-refractivity contribution in [1.29, 1.82) is 0 Å². The highest BCUT2D eigenvalue weighted by molar-refractivity contribution is 6.00. The van der Waals surface area contributed by atoms with Crippen LogP contribution in [0.2, 0.25) is 0 Å². The Labute approximate surface area is 218 Å². The van der Waals surface area contributed by atoms with Crippen molar-refractivity contribution in [1.82, 2.24) is 10.3 Å². The van der Waals surface area contributed by atoms with Gasteiger partial charge >= 0.3 is 5.97 Å². The molecule has 8 nitrogen and oxygen atoms in total. The number of carboxylic acid groups (broad SMARTS) is 1. The van der Waals surface area contributed by atoms with Crippen LogP contribution in [0.1, 0.15) is 68.3 Å². The van der Waals surface area contributed by atoms with Gasteiger partial charge in [0.25, 0.3) is 5.91 Å². The third kappa shape index (κ3) is 10.7. The molecule has 0 fully saturated rings. The maximum Gasteiger partial charge on any atom is 0.303 e. The van der Waals surface area contributed by atoms with Crippen molar-refractivity contribution in [2.45, 2.75) is 58.4 Å². The van der Waals surface area contributed by atoms with E-state index in [2.05, 4.69) is 33.6 Å². The fraction of sp³-hybridized carbons (Fsp3) is 0.393. The molecule has 9 heteroatoms. The first-order chi connectivity index (χ1) is 17.9. The maximum absolute atomic E-state index is 13.3. The van der Waals surface area contributed by atoms with Crippen LogP contribution in [0.25, 0.3) is 6.08 Å². The minimum atomic E-state index is -0.820. The van der Waals surface area contributed by atoms with E-state index in [-0.39, 0.29) is 24.2 Å². The number of hydrogen-bond donors (Lipinski definition) is 2. The average Bonchev–Trinajstić information content (AvgIpc) is 2.88. The molecule has 0 spiro atoms. The van der Waals surface area contributed by atoms with Gasteiger partial charge < -0.3 is 10.4 Å². The summed E-state index contributed by atoms with van der Waals surface area (Å²) in [4.78, 5) is 28.2. The van der Waals surface area contributed by atoms with Gasteiger partial charge in [-0.3, -0.25) is 19.6 Å². The van der Waals surface area contributed by atoms with Crippen molar-refractivity contribution in [2.75, 3.05) is 13.6 Å². The van der Waals surface area contributed by atoms with E-state index < -0.39 is 5.97 Å². The number of amides is 1. The van der Waals surface area contributed by atoms with Gasteiger partial charge in [0.05, 0.1) is 30.9 Å². The molecule has 1 aliphatic carbocycles. The molecule has 2 rings (SSSR count). The van der Waals surface area contributed by atoms with Crippen molar-refractivity contribution in [3.63, 3.8) is 0 Å². The first kappa shape index (κ1) is 29.4. The number of allylic oxidation sites excluding steroid dienone is 3. The normalized spacial score (nSPS) is 16.1. The lowest BCUT2D eigenvalue weighted by Crippen LogP contribution is -2.33. The number of benzene rings is 1. The van der Waals surface area contributed by atoms with Crippen LogP contribution < -0.4 is 5.32 Å². The second-order valence-corrected chi connectivity index (χ2v) is 8.49. The van der Waals surface area contributed by atoms with Crippen molar-refractivity contribution in [3.8, 4) is 0 Å².